The van der Waals surface area contributed by atoms with Gasteiger partial charge in [-0.15, -0.1) is 6.58 Å². The van der Waals surface area contributed by atoms with Crippen LogP contribution in [0, 0.1) is 20.8 Å². The summed E-state index contributed by atoms with van der Waals surface area (Å²) >= 11 is 0. The van der Waals surface area contributed by atoms with Gasteiger partial charge in [0, 0.05) is 0 Å². The number of hydrogen-bond acceptors (Lipinski definition) is 1. The molecule has 1 N–H and O–H groups in total. The van der Waals surface area contributed by atoms with Gasteiger partial charge in [-0.25, -0.2) is 0 Å². The summed E-state index contributed by atoms with van der Waals surface area (Å²) in [6.45, 7) is 11.8. The molecule has 0 saturated carbocycles. The van der Waals surface area contributed by atoms with Crippen molar-refractivity contribution < 1.29 is 5.11 Å². The molecule has 1 aromatic rings. The number of aliphatic hydroxyl groups is 1. The summed E-state index contributed by atoms with van der Waals surface area (Å²) in [5.74, 6) is 0. The third-order valence-electron chi connectivity index (χ3n) is 3.26. The van der Waals surface area contributed by atoms with Gasteiger partial charge in [0.25, 0.3) is 0 Å². The topological polar surface area (TPSA) is 20.2 Å². The second-order valence-corrected chi connectivity index (χ2v) is 4.85. The van der Waals surface area contributed by atoms with E-state index in [1.807, 2.05) is 13.0 Å². The van der Waals surface area contributed by atoms with E-state index >= 15 is 0 Å². The molecule has 1 aromatic carbocycles. The summed E-state index contributed by atoms with van der Waals surface area (Å²) in [5, 5.41) is 10.5. The lowest BCUT2D eigenvalue weighted by Crippen LogP contribution is -2.22. The van der Waals surface area contributed by atoms with Gasteiger partial charge < -0.3 is 5.11 Å². The van der Waals surface area contributed by atoms with Crippen LogP contribution in [0.4, 0.5) is 0 Å². The molecule has 0 aromatic heterocycles. The van der Waals surface area contributed by atoms with Gasteiger partial charge in [-0.1, -0.05) is 18.2 Å². The van der Waals surface area contributed by atoms with Crippen molar-refractivity contribution in [1.29, 1.82) is 0 Å². The smallest absolute Gasteiger partial charge is 0.0874 e. The van der Waals surface area contributed by atoms with Crippen molar-refractivity contribution in [3.05, 3.63) is 47.0 Å². The van der Waals surface area contributed by atoms with Gasteiger partial charge in [0.15, 0.2) is 0 Å². The predicted octanol–water partition coefficient (Wildman–Crippen LogP) is 3.79. The highest BCUT2D eigenvalue weighted by Crippen LogP contribution is 2.30. The first kappa shape index (κ1) is 13.0. The second-order valence-electron chi connectivity index (χ2n) is 4.85. The summed E-state index contributed by atoms with van der Waals surface area (Å²) in [6, 6.07) is 4.25. The normalized spacial score (nSPS) is 14.6. The summed E-state index contributed by atoms with van der Waals surface area (Å²) in [6.07, 6.45) is 3.41. The molecule has 0 aliphatic rings. The van der Waals surface area contributed by atoms with Crippen molar-refractivity contribution in [2.24, 2.45) is 0 Å². The number of aryl methyl sites for hydroxylation is 3. The van der Waals surface area contributed by atoms with Crippen LogP contribution in [0.1, 0.15) is 42.0 Å². The lowest BCUT2D eigenvalue weighted by molar-refractivity contribution is 0.0481. The highest BCUT2D eigenvalue weighted by molar-refractivity contribution is 5.39. The van der Waals surface area contributed by atoms with E-state index in [4.69, 9.17) is 0 Å². The molecule has 1 rings (SSSR count). The van der Waals surface area contributed by atoms with Crippen LogP contribution in [0.25, 0.3) is 0 Å². The zero-order chi connectivity index (χ0) is 12.3. The van der Waals surface area contributed by atoms with E-state index in [0.717, 1.165) is 24.0 Å². The fraction of sp³-hybridized carbons (Fsp3) is 0.467. The van der Waals surface area contributed by atoms with Crippen LogP contribution >= 0.6 is 0 Å². The average Bonchev–Trinajstić information content (AvgIpc) is 2.20. The standard InChI is InChI=1S/C15H22O/c1-6-7-8-15(5,16)14-10-12(3)11(2)9-13(14)4/h6,9-10,16H,1,7-8H2,2-5H3. The van der Waals surface area contributed by atoms with Crippen LogP contribution in [-0.2, 0) is 5.60 Å². The maximum absolute atomic E-state index is 10.5. The monoisotopic (exact) mass is 218 g/mol. The molecule has 16 heavy (non-hydrogen) atoms. The van der Waals surface area contributed by atoms with Gasteiger partial charge in [-0.05, 0) is 62.8 Å². The van der Waals surface area contributed by atoms with Gasteiger partial charge in [-0.3, -0.25) is 0 Å². The minimum absolute atomic E-state index is 0.722. The predicted molar refractivity (Wildman–Crippen MR) is 69.7 cm³/mol. The molecule has 0 radical (unpaired) electrons. The molecule has 1 nitrogen and oxygen atoms in total. The van der Waals surface area contributed by atoms with Crippen LogP contribution < -0.4 is 0 Å². The number of hydrogen-bond donors (Lipinski definition) is 1. The molecule has 0 fully saturated rings. The van der Waals surface area contributed by atoms with Gasteiger partial charge in [0.05, 0.1) is 5.60 Å². The van der Waals surface area contributed by atoms with E-state index in [1.165, 1.54) is 11.1 Å². The Morgan fingerprint density at radius 2 is 1.75 bits per heavy atom. The maximum Gasteiger partial charge on any atom is 0.0874 e. The summed E-state index contributed by atoms with van der Waals surface area (Å²) in [7, 11) is 0. The van der Waals surface area contributed by atoms with Gasteiger partial charge in [0.1, 0.15) is 0 Å². The molecule has 0 saturated heterocycles. The van der Waals surface area contributed by atoms with E-state index in [9.17, 15) is 5.11 Å². The first-order chi connectivity index (χ1) is 7.38. The molecule has 0 spiro atoms. The minimum atomic E-state index is -0.753. The molecule has 1 atom stereocenters. The van der Waals surface area contributed by atoms with Crippen molar-refractivity contribution in [1.82, 2.24) is 0 Å². The maximum atomic E-state index is 10.5. The van der Waals surface area contributed by atoms with E-state index in [-0.39, 0.29) is 0 Å². The van der Waals surface area contributed by atoms with Crippen LogP contribution in [0.2, 0.25) is 0 Å². The van der Waals surface area contributed by atoms with Crippen LogP contribution in [0.15, 0.2) is 24.8 Å². The Balaban J connectivity index is 3.11. The van der Waals surface area contributed by atoms with E-state index < -0.39 is 5.60 Å². The van der Waals surface area contributed by atoms with Crippen molar-refractivity contribution in [3.63, 3.8) is 0 Å². The molecule has 1 heteroatoms. The number of allylic oxidation sites excluding steroid dienone is 1. The molecule has 0 aliphatic heterocycles. The van der Waals surface area contributed by atoms with Crippen molar-refractivity contribution in [3.8, 4) is 0 Å². The second kappa shape index (κ2) is 4.84. The fourth-order valence-corrected chi connectivity index (χ4v) is 2.06. The lowest BCUT2D eigenvalue weighted by atomic mass is 9.86. The first-order valence-electron chi connectivity index (χ1n) is 5.80. The van der Waals surface area contributed by atoms with E-state index in [1.54, 1.807) is 0 Å². The van der Waals surface area contributed by atoms with Crippen molar-refractivity contribution in [2.45, 2.75) is 46.1 Å². The zero-order valence-corrected chi connectivity index (χ0v) is 10.8. The fourth-order valence-electron chi connectivity index (χ4n) is 2.06. The first-order valence-corrected chi connectivity index (χ1v) is 5.80. The van der Waals surface area contributed by atoms with Crippen molar-refractivity contribution in [2.75, 3.05) is 0 Å². The molecular formula is C15H22O. The number of rotatable bonds is 4. The molecular weight excluding hydrogens is 196 g/mol. The third kappa shape index (κ3) is 2.73. The zero-order valence-electron chi connectivity index (χ0n) is 10.8. The summed E-state index contributed by atoms with van der Waals surface area (Å²) in [4.78, 5) is 0. The molecule has 1 unspecified atom stereocenters. The Bertz CT molecular complexity index is 389. The molecule has 0 heterocycles. The Morgan fingerprint density at radius 1 is 1.19 bits per heavy atom. The Hall–Kier alpha value is -1.08. The molecule has 0 aliphatic carbocycles. The van der Waals surface area contributed by atoms with Crippen LogP contribution in [0.3, 0.4) is 0 Å². The Labute approximate surface area is 98.8 Å². The van der Waals surface area contributed by atoms with Gasteiger partial charge >= 0.3 is 0 Å². The quantitative estimate of drug-likeness (QED) is 0.762. The summed E-state index contributed by atoms with van der Waals surface area (Å²) in [5.41, 5.74) is 3.96. The Kier molecular flexibility index (Phi) is 3.93. The lowest BCUT2D eigenvalue weighted by Gasteiger charge is -2.26. The summed E-state index contributed by atoms with van der Waals surface area (Å²) < 4.78 is 0. The van der Waals surface area contributed by atoms with Gasteiger partial charge in [-0.2, -0.15) is 0 Å². The van der Waals surface area contributed by atoms with Gasteiger partial charge in [0.2, 0.25) is 0 Å². The number of benzene rings is 1. The van der Waals surface area contributed by atoms with E-state index in [2.05, 4.69) is 39.5 Å². The van der Waals surface area contributed by atoms with Crippen molar-refractivity contribution >= 4 is 0 Å². The van der Waals surface area contributed by atoms with Crippen LogP contribution in [0.5, 0.6) is 0 Å². The Morgan fingerprint density at radius 3 is 2.31 bits per heavy atom. The third-order valence-corrected chi connectivity index (χ3v) is 3.26. The molecule has 0 bridgehead atoms. The highest BCUT2D eigenvalue weighted by Gasteiger charge is 2.24. The molecule has 88 valence electrons. The highest BCUT2D eigenvalue weighted by atomic mass is 16.3. The largest absolute Gasteiger partial charge is 0.385 e. The molecule has 0 amide bonds. The SMILES string of the molecule is C=CCCC(C)(O)c1cc(C)c(C)cc1C. The van der Waals surface area contributed by atoms with E-state index in [0.29, 0.717) is 0 Å². The minimum Gasteiger partial charge on any atom is -0.385 e. The average molecular weight is 218 g/mol. The van der Waals surface area contributed by atoms with Crippen LogP contribution in [-0.4, -0.2) is 5.11 Å².